The molecule has 0 aliphatic carbocycles. The van der Waals surface area contributed by atoms with Crippen LogP contribution in [-0.2, 0) is 0 Å². The van der Waals surface area contributed by atoms with E-state index in [2.05, 4.69) is 18.3 Å². The Hall–Kier alpha value is -1.51. The first kappa shape index (κ1) is 15.9. The van der Waals surface area contributed by atoms with Crippen LogP contribution in [0.15, 0.2) is 36.4 Å². The van der Waals surface area contributed by atoms with Gasteiger partial charge in [-0.05, 0) is 56.6 Å². The largest absolute Gasteiger partial charge is 0.457 e. The van der Waals surface area contributed by atoms with Crippen molar-refractivity contribution in [3.05, 3.63) is 58.1 Å². The Morgan fingerprint density at radius 2 is 1.76 bits per heavy atom. The number of hydrogen-bond donors (Lipinski definition) is 1. The minimum Gasteiger partial charge on any atom is -0.457 e. The molecule has 0 spiro atoms. The number of benzene rings is 2. The summed E-state index contributed by atoms with van der Waals surface area (Å²) in [5.74, 6) is 1.72. The summed E-state index contributed by atoms with van der Waals surface area (Å²) in [5.41, 5.74) is 3.24. The van der Waals surface area contributed by atoms with Crippen LogP contribution in [0.4, 0.5) is 0 Å². The lowest BCUT2D eigenvalue weighted by atomic mass is 10.0. The third-order valence-electron chi connectivity index (χ3n) is 3.69. The summed E-state index contributed by atoms with van der Waals surface area (Å²) in [7, 11) is 1.97. The lowest BCUT2D eigenvalue weighted by Crippen LogP contribution is -2.15. The van der Waals surface area contributed by atoms with Gasteiger partial charge in [-0.3, -0.25) is 0 Å². The first-order valence-electron chi connectivity index (χ1n) is 7.27. The molecule has 21 heavy (non-hydrogen) atoms. The van der Waals surface area contributed by atoms with Crippen LogP contribution in [0.3, 0.4) is 0 Å². The molecule has 1 unspecified atom stereocenters. The molecule has 3 heteroatoms. The maximum atomic E-state index is 6.21. The molecule has 0 aliphatic heterocycles. The Kier molecular flexibility index (Phi) is 5.27. The molecule has 2 rings (SSSR count). The predicted molar refractivity (Wildman–Crippen MR) is 89.5 cm³/mol. The second-order valence-corrected chi connectivity index (χ2v) is 5.64. The molecule has 0 radical (unpaired) electrons. The first-order chi connectivity index (χ1) is 10.1. The van der Waals surface area contributed by atoms with Crippen molar-refractivity contribution in [2.24, 2.45) is 0 Å². The van der Waals surface area contributed by atoms with E-state index < -0.39 is 0 Å². The molecular formula is C18H22ClNO. The minimum atomic E-state index is 0.288. The van der Waals surface area contributed by atoms with E-state index in [9.17, 15) is 0 Å². The van der Waals surface area contributed by atoms with E-state index in [0.29, 0.717) is 0 Å². The summed E-state index contributed by atoms with van der Waals surface area (Å²) in [6, 6.07) is 12.4. The van der Waals surface area contributed by atoms with Gasteiger partial charge < -0.3 is 10.1 Å². The molecule has 2 nitrogen and oxygen atoms in total. The predicted octanol–water partition coefficient (Wildman–Crippen LogP) is 5.42. The highest BCUT2D eigenvalue weighted by Crippen LogP contribution is 2.33. The van der Waals surface area contributed by atoms with Crippen LogP contribution in [0.1, 0.15) is 36.1 Å². The van der Waals surface area contributed by atoms with E-state index in [4.69, 9.17) is 16.3 Å². The van der Waals surface area contributed by atoms with Gasteiger partial charge in [0.25, 0.3) is 0 Å². The van der Waals surface area contributed by atoms with Crippen LogP contribution >= 0.6 is 11.6 Å². The highest BCUT2D eigenvalue weighted by molar-refractivity contribution is 6.32. The molecule has 1 atom stereocenters. The molecule has 0 saturated heterocycles. The van der Waals surface area contributed by atoms with Crippen molar-refractivity contribution in [2.75, 3.05) is 7.05 Å². The number of ether oxygens (including phenoxy) is 1. The van der Waals surface area contributed by atoms with Crippen molar-refractivity contribution in [2.45, 2.75) is 33.2 Å². The lowest BCUT2D eigenvalue weighted by Gasteiger charge is -2.19. The maximum Gasteiger partial charge on any atom is 0.132 e. The summed E-state index contributed by atoms with van der Waals surface area (Å²) < 4.78 is 6.11. The van der Waals surface area contributed by atoms with E-state index >= 15 is 0 Å². The van der Waals surface area contributed by atoms with Gasteiger partial charge in [0.05, 0.1) is 0 Å². The molecule has 1 N–H and O–H groups in total. The number of para-hydroxylation sites is 1. The van der Waals surface area contributed by atoms with Gasteiger partial charge in [-0.15, -0.1) is 0 Å². The molecule has 0 saturated carbocycles. The number of nitrogens with one attached hydrogen (secondary N) is 1. The van der Waals surface area contributed by atoms with Gasteiger partial charge in [0.1, 0.15) is 11.5 Å². The molecule has 0 heterocycles. The fourth-order valence-electron chi connectivity index (χ4n) is 2.53. The Morgan fingerprint density at radius 3 is 2.33 bits per heavy atom. The molecule has 2 aromatic carbocycles. The van der Waals surface area contributed by atoms with Gasteiger partial charge in [-0.2, -0.15) is 0 Å². The van der Waals surface area contributed by atoms with Crippen molar-refractivity contribution in [1.29, 1.82) is 0 Å². The first-order valence-corrected chi connectivity index (χ1v) is 7.65. The topological polar surface area (TPSA) is 21.3 Å². The monoisotopic (exact) mass is 303 g/mol. The van der Waals surface area contributed by atoms with E-state index in [1.54, 1.807) is 0 Å². The van der Waals surface area contributed by atoms with E-state index in [-0.39, 0.29) is 6.04 Å². The maximum absolute atomic E-state index is 6.21. The number of hydrogen-bond acceptors (Lipinski definition) is 2. The molecule has 112 valence electrons. The fourth-order valence-corrected chi connectivity index (χ4v) is 2.64. The number of rotatable bonds is 5. The average Bonchev–Trinajstić information content (AvgIpc) is 2.47. The van der Waals surface area contributed by atoms with Gasteiger partial charge in [0.2, 0.25) is 0 Å². The zero-order valence-corrected chi connectivity index (χ0v) is 13.8. The third kappa shape index (κ3) is 3.58. The molecule has 0 fully saturated rings. The third-order valence-corrected chi connectivity index (χ3v) is 4.29. The molecule has 0 aliphatic rings. The summed E-state index contributed by atoms with van der Waals surface area (Å²) in [6.45, 7) is 6.15. The van der Waals surface area contributed by atoms with Crippen molar-refractivity contribution in [3.8, 4) is 11.5 Å². The van der Waals surface area contributed by atoms with Gasteiger partial charge in [0.15, 0.2) is 0 Å². The standard InChI is InChI=1S/C18H22ClNO/c1-5-16(20-4)15-8-6-7-9-17(15)21-14-10-12(2)18(19)13(3)11-14/h6-11,16,20H,5H2,1-4H3. The minimum absolute atomic E-state index is 0.288. The second kappa shape index (κ2) is 6.97. The van der Waals surface area contributed by atoms with Crippen LogP contribution in [0.5, 0.6) is 11.5 Å². The normalized spacial score (nSPS) is 12.2. The summed E-state index contributed by atoms with van der Waals surface area (Å²) in [6.07, 6.45) is 1.01. The molecule has 0 aromatic heterocycles. The number of halogens is 1. The Bertz CT molecular complexity index is 597. The summed E-state index contributed by atoms with van der Waals surface area (Å²) >= 11 is 6.21. The van der Waals surface area contributed by atoms with E-state index in [0.717, 1.165) is 34.1 Å². The molecule has 0 bridgehead atoms. The SMILES string of the molecule is CCC(NC)c1ccccc1Oc1cc(C)c(Cl)c(C)c1. The van der Waals surface area contributed by atoms with Gasteiger partial charge in [-0.1, -0.05) is 36.7 Å². The quantitative estimate of drug-likeness (QED) is 0.796. The summed E-state index contributed by atoms with van der Waals surface area (Å²) in [4.78, 5) is 0. The van der Waals surface area contributed by atoms with Crippen LogP contribution in [0, 0.1) is 13.8 Å². The summed E-state index contributed by atoms with van der Waals surface area (Å²) in [5, 5.41) is 4.13. The second-order valence-electron chi connectivity index (χ2n) is 5.26. The highest BCUT2D eigenvalue weighted by atomic mass is 35.5. The van der Waals surface area contributed by atoms with Crippen molar-refractivity contribution in [3.63, 3.8) is 0 Å². The van der Waals surface area contributed by atoms with Crippen molar-refractivity contribution >= 4 is 11.6 Å². The number of aryl methyl sites for hydroxylation is 2. The van der Waals surface area contributed by atoms with Gasteiger partial charge in [0, 0.05) is 16.6 Å². The average molecular weight is 304 g/mol. The molecular weight excluding hydrogens is 282 g/mol. The Morgan fingerprint density at radius 1 is 1.14 bits per heavy atom. The van der Waals surface area contributed by atoms with Crippen LogP contribution in [0.25, 0.3) is 0 Å². The van der Waals surface area contributed by atoms with Gasteiger partial charge in [-0.25, -0.2) is 0 Å². The zero-order chi connectivity index (χ0) is 15.4. The Balaban J connectivity index is 2.36. The van der Waals surface area contributed by atoms with Crippen LogP contribution < -0.4 is 10.1 Å². The van der Waals surface area contributed by atoms with Gasteiger partial charge >= 0.3 is 0 Å². The zero-order valence-electron chi connectivity index (χ0n) is 13.0. The lowest BCUT2D eigenvalue weighted by molar-refractivity contribution is 0.458. The van der Waals surface area contributed by atoms with E-state index in [1.807, 2.05) is 51.2 Å². The van der Waals surface area contributed by atoms with Crippen molar-refractivity contribution < 1.29 is 4.74 Å². The fraction of sp³-hybridized carbons (Fsp3) is 0.333. The van der Waals surface area contributed by atoms with Crippen LogP contribution in [-0.4, -0.2) is 7.05 Å². The van der Waals surface area contributed by atoms with Crippen LogP contribution in [0.2, 0.25) is 5.02 Å². The highest BCUT2D eigenvalue weighted by Gasteiger charge is 2.13. The smallest absolute Gasteiger partial charge is 0.132 e. The molecule has 2 aromatic rings. The van der Waals surface area contributed by atoms with E-state index in [1.165, 1.54) is 5.56 Å². The molecule has 0 amide bonds. The Labute approximate surface area is 132 Å². The van der Waals surface area contributed by atoms with Crippen molar-refractivity contribution in [1.82, 2.24) is 5.32 Å².